The van der Waals surface area contributed by atoms with E-state index in [4.69, 9.17) is 9.15 Å². The zero-order chi connectivity index (χ0) is 17.9. The summed E-state index contributed by atoms with van der Waals surface area (Å²) < 4.78 is 11.4. The first-order valence-electron chi connectivity index (χ1n) is 8.84. The molecule has 26 heavy (non-hydrogen) atoms. The van der Waals surface area contributed by atoms with Gasteiger partial charge in [-0.05, 0) is 30.2 Å². The Balaban J connectivity index is 1.65. The highest BCUT2D eigenvalue weighted by Gasteiger charge is 2.15. The van der Waals surface area contributed by atoms with E-state index < -0.39 is 0 Å². The summed E-state index contributed by atoms with van der Waals surface area (Å²) in [5.74, 6) is 2.46. The molecule has 0 aliphatic heterocycles. The lowest BCUT2D eigenvalue weighted by Gasteiger charge is -2.10. The molecule has 0 spiro atoms. The fourth-order valence-electron chi connectivity index (χ4n) is 3.14. The predicted octanol–water partition coefficient (Wildman–Crippen LogP) is 4.60. The molecule has 0 saturated carbocycles. The van der Waals surface area contributed by atoms with Gasteiger partial charge in [0.2, 0.25) is 0 Å². The van der Waals surface area contributed by atoms with Crippen molar-refractivity contribution in [2.75, 3.05) is 19.0 Å². The van der Waals surface area contributed by atoms with Gasteiger partial charge in [-0.2, -0.15) is 0 Å². The molecule has 0 radical (unpaired) electrons. The Morgan fingerprint density at radius 3 is 2.69 bits per heavy atom. The molecule has 4 aromatic rings. The molecule has 2 aromatic carbocycles. The number of hydrogen-bond acceptors (Lipinski definition) is 5. The maximum absolute atomic E-state index is 6.02. The Kier molecular flexibility index (Phi) is 4.44. The number of methoxy groups -OCH3 is 1. The number of hydrogen-bond donors (Lipinski definition) is 1. The van der Waals surface area contributed by atoms with Gasteiger partial charge in [0, 0.05) is 18.4 Å². The maximum atomic E-state index is 6.02. The van der Waals surface area contributed by atoms with Crippen LogP contribution in [0.25, 0.3) is 22.1 Å². The molecule has 0 fully saturated rings. The summed E-state index contributed by atoms with van der Waals surface area (Å²) in [5, 5.41) is 4.44. The third kappa shape index (κ3) is 2.96. The molecule has 0 aliphatic rings. The number of aromatic nitrogens is 2. The minimum absolute atomic E-state index is 0.712. The van der Waals surface area contributed by atoms with Crippen molar-refractivity contribution in [3.8, 4) is 5.75 Å². The Labute approximate surface area is 152 Å². The van der Waals surface area contributed by atoms with Gasteiger partial charge in [0.15, 0.2) is 11.4 Å². The van der Waals surface area contributed by atoms with Crippen molar-refractivity contribution in [1.82, 2.24) is 9.97 Å². The SMILES string of the molecule is CCc1nc(NCCc2ccccc2OC)c2oc3ccccc3c2n1. The molecule has 0 bridgehead atoms. The fourth-order valence-corrected chi connectivity index (χ4v) is 3.14. The molecular formula is C21H21N3O2. The summed E-state index contributed by atoms with van der Waals surface area (Å²) in [7, 11) is 1.70. The summed E-state index contributed by atoms with van der Waals surface area (Å²) in [6.07, 6.45) is 1.60. The van der Waals surface area contributed by atoms with E-state index in [2.05, 4.69) is 28.3 Å². The topological polar surface area (TPSA) is 60.2 Å². The van der Waals surface area contributed by atoms with Crippen LogP contribution in [0.15, 0.2) is 52.9 Å². The number of rotatable bonds is 6. The molecule has 4 rings (SSSR count). The first kappa shape index (κ1) is 16.4. The summed E-state index contributed by atoms with van der Waals surface area (Å²) >= 11 is 0. The minimum Gasteiger partial charge on any atom is -0.496 e. The van der Waals surface area contributed by atoms with E-state index in [1.807, 2.05) is 42.5 Å². The van der Waals surface area contributed by atoms with Crippen molar-refractivity contribution in [3.05, 3.63) is 59.9 Å². The van der Waals surface area contributed by atoms with Crippen LogP contribution in [0.1, 0.15) is 18.3 Å². The largest absolute Gasteiger partial charge is 0.496 e. The molecule has 0 unspecified atom stereocenters. The van der Waals surface area contributed by atoms with Gasteiger partial charge in [-0.25, -0.2) is 9.97 Å². The van der Waals surface area contributed by atoms with Crippen LogP contribution in [0.2, 0.25) is 0 Å². The highest BCUT2D eigenvalue weighted by Crippen LogP contribution is 2.31. The van der Waals surface area contributed by atoms with E-state index in [9.17, 15) is 0 Å². The van der Waals surface area contributed by atoms with Crippen LogP contribution >= 0.6 is 0 Å². The fraction of sp³-hybridized carbons (Fsp3) is 0.238. The average Bonchev–Trinajstić information content (AvgIpc) is 3.07. The molecule has 2 aromatic heterocycles. The van der Waals surface area contributed by atoms with Crippen LogP contribution in [-0.2, 0) is 12.8 Å². The number of nitrogens with one attached hydrogen (secondary N) is 1. The van der Waals surface area contributed by atoms with Crippen molar-refractivity contribution in [2.45, 2.75) is 19.8 Å². The van der Waals surface area contributed by atoms with Crippen LogP contribution in [0.3, 0.4) is 0 Å². The monoisotopic (exact) mass is 347 g/mol. The summed E-state index contributed by atoms with van der Waals surface area (Å²) in [6.45, 7) is 2.79. The van der Waals surface area contributed by atoms with Gasteiger partial charge in [-0.15, -0.1) is 0 Å². The van der Waals surface area contributed by atoms with Crippen molar-refractivity contribution < 1.29 is 9.15 Å². The molecule has 0 aliphatic carbocycles. The van der Waals surface area contributed by atoms with Crippen LogP contribution < -0.4 is 10.1 Å². The lowest BCUT2D eigenvalue weighted by atomic mass is 10.1. The zero-order valence-electron chi connectivity index (χ0n) is 15.0. The van der Waals surface area contributed by atoms with Crippen LogP contribution in [0.5, 0.6) is 5.75 Å². The number of fused-ring (bicyclic) bond motifs is 3. The van der Waals surface area contributed by atoms with Gasteiger partial charge in [0.05, 0.1) is 7.11 Å². The normalized spacial score (nSPS) is 11.2. The third-order valence-electron chi connectivity index (χ3n) is 4.46. The lowest BCUT2D eigenvalue weighted by molar-refractivity contribution is 0.410. The van der Waals surface area contributed by atoms with Gasteiger partial charge < -0.3 is 14.5 Å². The van der Waals surface area contributed by atoms with Crippen LogP contribution in [0.4, 0.5) is 5.82 Å². The molecule has 0 atom stereocenters. The summed E-state index contributed by atoms with van der Waals surface area (Å²) in [4.78, 5) is 9.31. The van der Waals surface area contributed by atoms with Gasteiger partial charge in [-0.1, -0.05) is 37.3 Å². The van der Waals surface area contributed by atoms with Crippen molar-refractivity contribution in [2.24, 2.45) is 0 Å². The number of benzene rings is 2. The number of aryl methyl sites for hydroxylation is 1. The van der Waals surface area contributed by atoms with E-state index in [0.717, 1.165) is 58.8 Å². The van der Waals surface area contributed by atoms with E-state index in [1.54, 1.807) is 7.11 Å². The molecule has 2 heterocycles. The number of para-hydroxylation sites is 2. The predicted molar refractivity (Wildman–Crippen MR) is 104 cm³/mol. The first-order valence-corrected chi connectivity index (χ1v) is 8.84. The molecule has 5 heteroatoms. The van der Waals surface area contributed by atoms with Gasteiger partial charge >= 0.3 is 0 Å². The smallest absolute Gasteiger partial charge is 0.196 e. The Morgan fingerprint density at radius 1 is 1.04 bits per heavy atom. The van der Waals surface area contributed by atoms with E-state index in [0.29, 0.717) is 5.58 Å². The third-order valence-corrected chi connectivity index (χ3v) is 4.46. The first-order chi connectivity index (χ1) is 12.8. The molecule has 5 nitrogen and oxygen atoms in total. The highest BCUT2D eigenvalue weighted by atomic mass is 16.5. The Morgan fingerprint density at radius 2 is 1.85 bits per heavy atom. The van der Waals surface area contributed by atoms with Gasteiger partial charge in [0.25, 0.3) is 0 Å². The van der Waals surface area contributed by atoms with Crippen LogP contribution in [-0.4, -0.2) is 23.6 Å². The second-order valence-electron chi connectivity index (χ2n) is 6.11. The van der Waals surface area contributed by atoms with Gasteiger partial charge in [0.1, 0.15) is 22.7 Å². The number of furan rings is 1. The number of anilines is 1. The van der Waals surface area contributed by atoms with Crippen molar-refractivity contribution in [1.29, 1.82) is 0 Å². The number of nitrogens with zero attached hydrogens (tertiary/aromatic N) is 2. The van der Waals surface area contributed by atoms with Crippen LogP contribution in [0, 0.1) is 0 Å². The summed E-state index contributed by atoms with van der Waals surface area (Å²) in [6, 6.07) is 16.0. The second-order valence-corrected chi connectivity index (χ2v) is 6.11. The molecular weight excluding hydrogens is 326 g/mol. The lowest BCUT2D eigenvalue weighted by Crippen LogP contribution is -2.09. The quantitative estimate of drug-likeness (QED) is 0.552. The Hall–Kier alpha value is -3.08. The van der Waals surface area contributed by atoms with E-state index in [1.165, 1.54) is 0 Å². The van der Waals surface area contributed by atoms with E-state index in [-0.39, 0.29) is 0 Å². The molecule has 1 N–H and O–H groups in total. The highest BCUT2D eigenvalue weighted by molar-refractivity contribution is 6.05. The standard InChI is InChI=1S/C21H21N3O2/c1-3-18-23-19-15-9-5-7-11-17(15)26-20(19)21(24-18)22-13-12-14-8-4-6-10-16(14)25-2/h4-11H,3,12-13H2,1-2H3,(H,22,23,24). The van der Waals surface area contributed by atoms with E-state index >= 15 is 0 Å². The maximum Gasteiger partial charge on any atom is 0.196 e. The zero-order valence-corrected chi connectivity index (χ0v) is 15.0. The molecule has 0 amide bonds. The Bertz CT molecular complexity index is 1060. The average molecular weight is 347 g/mol. The summed E-state index contributed by atoms with van der Waals surface area (Å²) in [5.41, 5.74) is 3.57. The molecule has 0 saturated heterocycles. The van der Waals surface area contributed by atoms with Crippen molar-refractivity contribution >= 4 is 27.9 Å². The molecule has 132 valence electrons. The minimum atomic E-state index is 0.712. The van der Waals surface area contributed by atoms with Crippen molar-refractivity contribution in [3.63, 3.8) is 0 Å². The van der Waals surface area contributed by atoms with Gasteiger partial charge in [-0.3, -0.25) is 0 Å². The second kappa shape index (κ2) is 7.04. The number of ether oxygens (including phenoxy) is 1.